The van der Waals surface area contributed by atoms with E-state index in [0.717, 1.165) is 16.5 Å². The molecule has 1 amide bonds. The highest BCUT2D eigenvalue weighted by Gasteiger charge is 2.16. The number of nitrogens with one attached hydrogen (secondary N) is 1. The summed E-state index contributed by atoms with van der Waals surface area (Å²) in [4.78, 5) is 17.6. The lowest BCUT2D eigenvalue weighted by atomic mass is 9.98. The van der Waals surface area contributed by atoms with E-state index in [0.29, 0.717) is 34.0 Å². The Morgan fingerprint density at radius 2 is 1.86 bits per heavy atom. The molecule has 0 aliphatic heterocycles. The van der Waals surface area contributed by atoms with Gasteiger partial charge in [-0.05, 0) is 53.9 Å². The zero-order valence-electron chi connectivity index (χ0n) is 15.9. The SMILES string of the molecule is COc1ccc(Cc2ccccc2)c(C(=O)Nc2ccc(Cl)c3cccnc23)c1. The van der Waals surface area contributed by atoms with Crippen LogP contribution in [0.4, 0.5) is 5.69 Å². The zero-order valence-corrected chi connectivity index (χ0v) is 16.6. The normalized spacial score (nSPS) is 10.7. The van der Waals surface area contributed by atoms with Crippen LogP contribution in [0.3, 0.4) is 0 Å². The van der Waals surface area contributed by atoms with Crippen LogP contribution in [0.2, 0.25) is 5.02 Å². The topological polar surface area (TPSA) is 51.2 Å². The Kier molecular flexibility index (Phi) is 5.45. The Labute approximate surface area is 174 Å². The molecule has 0 unspecified atom stereocenters. The quantitative estimate of drug-likeness (QED) is 0.463. The first-order valence-corrected chi connectivity index (χ1v) is 9.59. The number of fused-ring (bicyclic) bond motifs is 1. The molecule has 144 valence electrons. The lowest BCUT2D eigenvalue weighted by Crippen LogP contribution is -2.15. The molecule has 0 saturated carbocycles. The number of hydrogen-bond acceptors (Lipinski definition) is 3. The molecule has 1 heterocycles. The van der Waals surface area contributed by atoms with E-state index in [1.54, 1.807) is 31.5 Å². The number of halogens is 1. The third kappa shape index (κ3) is 4.08. The van der Waals surface area contributed by atoms with Crippen molar-refractivity contribution in [2.24, 2.45) is 0 Å². The molecule has 1 aromatic heterocycles. The Morgan fingerprint density at radius 1 is 1.03 bits per heavy atom. The molecule has 0 atom stereocenters. The van der Waals surface area contributed by atoms with Crippen LogP contribution < -0.4 is 10.1 Å². The molecule has 1 N–H and O–H groups in total. The minimum absolute atomic E-state index is 0.218. The molecule has 0 fully saturated rings. The van der Waals surface area contributed by atoms with Gasteiger partial charge in [-0.2, -0.15) is 0 Å². The first-order chi connectivity index (χ1) is 14.2. The molecule has 0 radical (unpaired) electrons. The van der Waals surface area contributed by atoms with Crippen molar-refractivity contribution in [1.82, 2.24) is 4.98 Å². The van der Waals surface area contributed by atoms with E-state index in [1.807, 2.05) is 54.6 Å². The second kappa shape index (κ2) is 8.33. The van der Waals surface area contributed by atoms with E-state index in [-0.39, 0.29) is 5.91 Å². The second-order valence-corrected chi connectivity index (χ2v) is 7.04. The van der Waals surface area contributed by atoms with Crippen molar-refractivity contribution >= 4 is 34.1 Å². The highest BCUT2D eigenvalue weighted by Crippen LogP contribution is 2.29. The van der Waals surface area contributed by atoms with Gasteiger partial charge in [0.15, 0.2) is 0 Å². The third-order valence-electron chi connectivity index (χ3n) is 4.76. The largest absolute Gasteiger partial charge is 0.497 e. The number of nitrogens with zero attached hydrogens (tertiary/aromatic N) is 1. The van der Waals surface area contributed by atoms with Crippen molar-refractivity contribution in [1.29, 1.82) is 0 Å². The van der Waals surface area contributed by atoms with E-state index in [1.165, 1.54) is 0 Å². The van der Waals surface area contributed by atoms with Crippen LogP contribution in [0.25, 0.3) is 10.9 Å². The molecule has 5 heteroatoms. The molecule has 0 bridgehead atoms. The van der Waals surface area contributed by atoms with E-state index in [4.69, 9.17) is 16.3 Å². The second-order valence-electron chi connectivity index (χ2n) is 6.63. The van der Waals surface area contributed by atoms with E-state index < -0.39 is 0 Å². The fourth-order valence-electron chi connectivity index (χ4n) is 3.29. The van der Waals surface area contributed by atoms with Crippen LogP contribution in [0.15, 0.2) is 79.0 Å². The first-order valence-electron chi connectivity index (χ1n) is 9.21. The summed E-state index contributed by atoms with van der Waals surface area (Å²) in [5, 5.41) is 4.38. The molecule has 4 nitrogen and oxygen atoms in total. The summed E-state index contributed by atoms with van der Waals surface area (Å²) in [7, 11) is 1.59. The van der Waals surface area contributed by atoms with Crippen molar-refractivity contribution < 1.29 is 9.53 Å². The minimum atomic E-state index is -0.218. The first kappa shape index (κ1) is 19.0. The molecular weight excluding hydrogens is 384 g/mol. The van der Waals surface area contributed by atoms with Gasteiger partial charge in [0.1, 0.15) is 5.75 Å². The Bertz CT molecular complexity index is 1180. The fraction of sp³-hybridized carbons (Fsp3) is 0.0833. The van der Waals surface area contributed by atoms with Crippen LogP contribution in [0, 0.1) is 0 Å². The average molecular weight is 403 g/mol. The van der Waals surface area contributed by atoms with Crippen LogP contribution >= 0.6 is 11.6 Å². The van der Waals surface area contributed by atoms with Gasteiger partial charge in [-0.15, -0.1) is 0 Å². The smallest absolute Gasteiger partial charge is 0.256 e. The molecule has 4 rings (SSSR count). The molecule has 4 aromatic rings. The summed E-state index contributed by atoms with van der Waals surface area (Å²) in [5.74, 6) is 0.412. The van der Waals surface area contributed by atoms with Gasteiger partial charge in [0, 0.05) is 17.1 Å². The maximum Gasteiger partial charge on any atom is 0.256 e. The Hall–Kier alpha value is -3.37. The fourth-order valence-corrected chi connectivity index (χ4v) is 3.51. The standard InChI is InChI=1S/C24H19ClN2O2/c1-29-18-10-9-17(14-16-6-3-2-4-7-16)20(15-18)24(28)27-22-12-11-21(25)19-8-5-13-26-23(19)22/h2-13,15H,14H2,1H3,(H,27,28). The number of ether oxygens (including phenoxy) is 1. The van der Waals surface area contributed by atoms with Gasteiger partial charge in [-0.25, -0.2) is 0 Å². The van der Waals surface area contributed by atoms with Crippen molar-refractivity contribution in [3.05, 3.63) is 101 Å². The van der Waals surface area contributed by atoms with Crippen molar-refractivity contribution in [3.8, 4) is 5.75 Å². The van der Waals surface area contributed by atoms with Crippen molar-refractivity contribution in [2.45, 2.75) is 6.42 Å². The minimum Gasteiger partial charge on any atom is -0.497 e. The number of methoxy groups -OCH3 is 1. The number of carbonyl (C=O) groups is 1. The van der Waals surface area contributed by atoms with Gasteiger partial charge >= 0.3 is 0 Å². The highest BCUT2D eigenvalue weighted by atomic mass is 35.5. The molecule has 0 saturated heterocycles. The van der Waals surface area contributed by atoms with Gasteiger partial charge in [-0.3, -0.25) is 9.78 Å². The van der Waals surface area contributed by atoms with Gasteiger partial charge in [0.05, 0.1) is 23.3 Å². The summed E-state index contributed by atoms with van der Waals surface area (Å²) < 4.78 is 5.34. The highest BCUT2D eigenvalue weighted by molar-refractivity contribution is 6.36. The molecule has 0 aliphatic carbocycles. The summed E-state index contributed by atoms with van der Waals surface area (Å²) in [6, 6.07) is 22.8. The number of rotatable bonds is 5. The maximum absolute atomic E-state index is 13.2. The Balaban J connectivity index is 1.71. The summed E-state index contributed by atoms with van der Waals surface area (Å²) in [5.41, 5.74) is 3.88. The van der Waals surface area contributed by atoms with Gasteiger partial charge in [0.2, 0.25) is 0 Å². The number of carbonyl (C=O) groups excluding carboxylic acids is 1. The summed E-state index contributed by atoms with van der Waals surface area (Å²) in [6.45, 7) is 0. The predicted molar refractivity (Wildman–Crippen MR) is 117 cm³/mol. The predicted octanol–water partition coefficient (Wildman–Crippen LogP) is 5.74. The number of aromatic nitrogens is 1. The molecule has 0 spiro atoms. The van der Waals surface area contributed by atoms with Crippen LogP contribution in [-0.2, 0) is 6.42 Å². The van der Waals surface area contributed by atoms with Gasteiger partial charge < -0.3 is 10.1 Å². The third-order valence-corrected chi connectivity index (χ3v) is 5.09. The number of amides is 1. The van der Waals surface area contributed by atoms with E-state index >= 15 is 0 Å². The summed E-state index contributed by atoms with van der Waals surface area (Å²) >= 11 is 6.27. The lowest BCUT2D eigenvalue weighted by molar-refractivity contribution is 0.102. The van der Waals surface area contributed by atoms with Crippen molar-refractivity contribution in [3.63, 3.8) is 0 Å². The molecule has 3 aromatic carbocycles. The average Bonchev–Trinajstić information content (AvgIpc) is 2.77. The van der Waals surface area contributed by atoms with Crippen LogP contribution in [0.1, 0.15) is 21.5 Å². The monoisotopic (exact) mass is 402 g/mol. The van der Waals surface area contributed by atoms with Crippen molar-refractivity contribution in [2.75, 3.05) is 12.4 Å². The number of pyridine rings is 1. The molecular formula is C24H19ClN2O2. The number of anilines is 1. The lowest BCUT2D eigenvalue weighted by Gasteiger charge is -2.13. The Morgan fingerprint density at radius 3 is 2.66 bits per heavy atom. The van der Waals surface area contributed by atoms with Gasteiger partial charge in [-0.1, -0.05) is 48.0 Å². The zero-order chi connectivity index (χ0) is 20.2. The summed E-state index contributed by atoms with van der Waals surface area (Å²) in [6.07, 6.45) is 2.33. The van der Waals surface area contributed by atoms with E-state index in [2.05, 4.69) is 10.3 Å². The van der Waals surface area contributed by atoms with E-state index in [9.17, 15) is 4.79 Å². The number of benzene rings is 3. The van der Waals surface area contributed by atoms with Crippen LogP contribution in [-0.4, -0.2) is 18.0 Å². The molecule has 29 heavy (non-hydrogen) atoms. The maximum atomic E-state index is 13.2. The number of hydrogen-bond donors (Lipinski definition) is 1. The van der Waals surface area contributed by atoms with Gasteiger partial charge in [0.25, 0.3) is 5.91 Å². The van der Waals surface area contributed by atoms with Crippen LogP contribution in [0.5, 0.6) is 5.75 Å². The molecule has 0 aliphatic rings.